The predicted molar refractivity (Wildman–Crippen MR) is 65.7 cm³/mol. The minimum absolute atomic E-state index is 0.0600. The summed E-state index contributed by atoms with van der Waals surface area (Å²) in [6.45, 7) is 0. The SMILES string of the molecule is O=[C]c1ccccc1C(=O)Cc1ccccc1. The van der Waals surface area contributed by atoms with Crippen LogP contribution in [0.1, 0.15) is 21.5 Å². The zero-order valence-electron chi connectivity index (χ0n) is 9.22. The van der Waals surface area contributed by atoms with Crippen LogP contribution >= 0.6 is 0 Å². The number of ketones is 1. The molecule has 0 N–H and O–H groups in total. The predicted octanol–water partition coefficient (Wildman–Crippen LogP) is 2.57. The molecule has 2 aromatic rings. The summed E-state index contributed by atoms with van der Waals surface area (Å²) in [6.07, 6.45) is 2.10. The Bertz CT molecular complexity index is 530. The van der Waals surface area contributed by atoms with Crippen molar-refractivity contribution in [1.82, 2.24) is 0 Å². The maximum atomic E-state index is 12.0. The highest BCUT2D eigenvalue weighted by Crippen LogP contribution is 2.11. The van der Waals surface area contributed by atoms with Gasteiger partial charge in [-0.15, -0.1) is 0 Å². The molecule has 0 saturated heterocycles. The Labute approximate surface area is 99.9 Å². The smallest absolute Gasteiger partial charge is 0.234 e. The molecule has 2 rings (SSSR count). The zero-order valence-corrected chi connectivity index (χ0v) is 9.22. The van der Waals surface area contributed by atoms with Crippen molar-refractivity contribution in [3.05, 3.63) is 71.3 Å². The average Bonchev–Trinajstić information content (AvgIpc) is 2.40. The summed E-state index contributed by atoms with van der Waals surface area (Å²) >= 11 is 0. The first-order chi connectivity index (χ1) is 8.31. The molecule has 0 heterocycles. The standard InChI is InChI=1S/C15H11O2/c16-11-13-8-4-5-9-14(13)15(17)10-12-6-2-1-3-7-12/h1-9H,10H2. The largest absolute Gasteiger partial charge is 0.294 e. The van der Waals surface area contributed by atoms with Crippen LogP contribution in [0.25, 0.3) is 0 Å². The molecule has 0 bridgehead atoms. The first kappa shape index (κ1) is 11.3. The number of Topliss-reactive ketones (excluding diaryl/α,β-unsaturated/α-hetero) is 1. The third kappa shape index (κ3) is 2.67. The summed E-state index contributed by atoms with van der Waals surface area (Å²) in [5.74, 6) is -0.0600. The van der Waals surface area contributed by atoms with Crippen LogP contribution in [-0.4, -0.2) is 12.1 Å². The third-order valence-corrected chi connectivity index (χ3v) is 2.54. The molecule has 0 aliphatic heterocycles. The molecule has 83 valence electrons. The van der Waals surface area contributed by atoms with E-state index < -0.39 is 0 Å². The molecule has 2 heteroatoms. The highest BCUT2D eigenvalue weighted by Gasteiger charge is 2.11. The summed E-state index contributed by atoms with van der Waals surface area (Å²) in [5, 5.41) is 0. The fourth-order valence-corrected chi connectivity index (χ4v) is 1.69. The average molecular weight is 223 g/mol. The minimum Gasteiger partial charge on any atom is -0.294 e. The van der Waals surface area contributed by atoms with Crippen LogP contribution in [0.4, 0.5) is 0 Å². The van der Waals surface area contributed by atoms with E-state index in [4.69, 9.17) is 0 Å². The monoisotopic (exact) mass is 223 g/mol. The van der Waals surface area contributed by atoms with Gasteiger partial charge in [-0.2, -0.15) is 0 Å². The van der Waals surface area contributed by atoms with Crippen LogP contribution in [0, 0.1) is 0 Å². The van der Waals surface area contributed by atoms with Crippen LogP contribution < -0.4 is 0 Å². The molecule has 2 aromatic carbocycles. The van der Waals surface area contributed by atoms with Crippen LogP contribution in [0.15, 0.2) is 54.6 Å². The normalized spacial score (nSPS) is 9.88. The van der Waals surface area contributed by atoms with E-state index >= 15 is 0 Å². The lowest BCUT2D eigenvalue weighted by Gasteiger charge is -2.03. The van der Waals surface area contributed by atoms with Crippen molar-refractivity contribution in [1.29, 1.82) is 0 Å². The molecule has 0 aromatic heterocycles. The molecule has 1 radical (unpaired) electrons. The Hall–Kier alpha value is -2.22. The van der Waals surface area contributed by atoms with Crippen LogP contribution in [-0.2, 0) is 11.2 Å². The van der Waals surface area contributed by atoms with E-state index in [1.165, 1.54) is 0 Å². The van der Waals surface area contributed by atoms with Crippen molar-refractivity contribution >= 4 is 12.1 Å². The summed E-state index contributed by atoms with van der Waals surface area (Å²) in [6, 6.07) is 16.2. The summed E-state index contributed by atoms with van der Waals surface area (Å²) in [7, 11) is 0. The van der Waals surface area contributed by atoms with E-state index in [1.807, 2.05) is 30.3 Å². The summed E-state index contributed by atoms with van der Waals surface area (Å²) in [5.41, 5.74) is 1.71. The van der Waals surface area contributed by atoms with Gasteiger partial charge in [-0.05, 0) is 5.56 Å². The number of hydrogen-bond acceptors (Lipinski definition) is 2. The zero-order chi connectivity index (χ0) is 12.1. The molecule has 2 nitrogen and oxygen atoms in total. The Morgan fingerprint density at radius 1 is 0.941 bits per heavy atom. The van der Waals surface area contributed by atoms with Gasteiger partial charge in [0.2, 0.25) is 6.29 Å². The quantitative estimate of drug-likeness (QED) is 0.746. The van der Waals surface area contributed by atoms with E-state index in [-0.39, 0.29) is 5.78 Å². The highest BCUT2D eigenvalue weighted by atomic mass is 16.1. The van der Waals surface area contributed by atoms with Crippen molar-refractivity contribution < 1.29 is 9.59 Å². The van der Waals surface area contributed by atoms with Gasteiger partial charge in [0.15, 0.2) is 5.78 Å². The lowest BCUT2D eigenvalue weighted by Crippen LogP contribution is -2.06. The molecular formula is C15H11O2. The van der Waals surface area contributed by atoms with E-state index in [0.29, 0.717) is 17.5 Å². The van der Waals surface area contributed by atoms with Gasteiger partial charge in [-0.1, -0.05) is 54.6 Å². The number of rotatable bonds is 4. The first-order valence-corrected chi connectivity index (χ1v) is 5.35. The topological polar surface area (TPSA) is 34.1 Å². The van der Waals surface area contributed by atoms with E-state index in [1.54, 1.807) is 30.6 Å². The molecule has 0 unspecified atom stereocenters. The fourth-order valence-electron chi connectivity index (χ4n) is 1.69. The Balaban J connectivity index is 2.23. The van der Waals surface area contributed by atoms with Crippen molar-refractivity contribution in [3.8, 4) is 0 Å². The first-order valence-electron chi connectivity index (χ1n) is 5.35. The second-order valence-corrected chi connectivity index (χ2v) is 3.73. The van der Waals surface area contributed by atoms with E-state index in [2.05, 4.69) is 0 Å². The Morgan fingerprint density at radius 2 is 1.59 bits per heavy atom. The number of carbonyl (C=O) groups is 1. The Kier molecular flexibility index (Phi) is 3.46. The molecule has 0 spiro atoms. The molecular weight excluding hydrogens is 212 g/mol. The van der Waals surface area contributed by atoms with E-state index in [9.17, 15) is 9.59 Å². The second kappa shape index (κ2) is 5.21. The van der Waals surface area contributed by atoms with Gasteiger partial charge in [0.25, 0.3) is 0 Å². The van der Waals surface area contributed by atoms with Crippen molar-refractivity contribution in [2.75, 3.05) is 0 Å². The summed E-state index contributed by atoms with van der Waals surface area (Å²) in [4.78, 5) is 22.7. The highest BCUT2D eigenvalue weighted by molar-refractivity contribution is 6.03. The molecule has 17 heavy (non-hydrogen) atoms. The van der Waals surface area contributed by atoms with Crippen LogP contribution in [0.5, 0.6) is 0 Å². The van der Waals surface area contributed by atoms with Crippen molar-refractivity contribution in [3.63, 3.8) is 0 Å². The van der Waals surface area contributed by atoms with Crippen LogP contribution in [0.2, 0.25) is 0 Å². The summed E-state index contributed by atoms with van der Waals surface area (Å²) < 4.78 is 0. The minimum atomic E-state index is -0.0600. The lowest BCUT2D eigenvalue weighted by molar-refractivity contribution is 0.0993. The van der Waals surface area contributed by atoms with Gasteiger partial charge < -0.3 is 0 Å². The lowest BCUT2D eigenvalue weighted by atomic mass is 9.99. The number of hydrogen-bond donors (Lipinski definition) is 0. The van der Waals surface area contributed by atoms with Crippen LogP contribution in [0.3, 0.4) is 0 Å². The van der Waals surface area contributed by atoms with Gasteiger partial charge in [-0.25, -0.2) is 0 Å². The fraction of sp³-hybridized carbons (Fsp3) is 0.0667. The van der Waals surface area contributed by atoms with Gasteiger partial charge >= 0.3 is 0 Å². The van der Waals surface area contributed by atoms with Crippen molar-refractivity contribution in [2.45, 2.75) is 6.42 Å². The molecule has 0 fully saturated rings. The molecule has 0 aliphatic carbocycles. The number of carbonyl (C=O) groups excluding carboxylic acids is 2. The molecule has 0 amide bonds. The maximum Gasteiger partial charge on any atom is 0.234 e. The van der Waals surface area contributed by atoms with Gasteiger partial charge in [0.1, 0.15) is 0 Å². The molecule has 0 atom stereocenters. The van der Waals surface area contributed by atoms with Crippen molar-refractivity contribution in [2.24, 2.45) is 0 Å². The van der Waals surface area contributed by atoms with Gasteiger partial charge in [0.05, 0.1) is 0 Å². The molecule has 0 saturated carbocycles. The van der Waals surface area contributed by atoms with E-state index in [0.717, 1.165) is 5.56 Å². The number of benzene rings is 2. The second-order valence-electron chi connectivity index (χ2n) is 3.73. The Morgan fingerprint density at radius 3 is 2.29 bits per heavy atom. The molecule has 0 aliphatic rings. The van der Waals surface area contributed by atoms with Gasteiger partial charge in [-0.3, -0.25) is 9.59 Å². The van der Waals surface area contributed by atoms with Gasteiger partial charge in [0, 0.05) is 17.5 Å². The maximum absolute atomic E-state index is 12.0. The third-order valence-electron chi connectivity index (χ3n) is 2.54.